The minimum Gasteiger partial charge on any atom is -0.455 e. The van der Waals surface area contributed by atoms with E-state index in [0.717, 1.165) is 0 Å². The van der Waals surface area contributed by atoms with Crippen molar-refractivity contribution in [2.45, 2.75) is 0 Å². The summed E-state index contributed by atoms with van der Waals surface area (Å²) in [6, 6.07) is 20.9. The van der Waals surface area contributed by atoms with Crippen molar-refractivity contribution >= 4 is 17.6 Å². The minimum atomic E-state index is -0.632. The second-order valence-electron chi connectivity index (χ2n) is 6.10. The molecule has 7 heteroatoms. The number of hydrogen-bond donors (Lipinski definition) is 1. The van der Waals surface area contributed by atoms with Crippen molar-refractivity contribution in [3.8, 4) is 23.0 Å². The summed E-state index contributed by atoms with van der Waals surface area (Å²) < 4.78 is 21.3. The van der Waals surface area contributed by atoms with Crippen molar-refractivity contribution in [3.05, 3.63) is 78.4 Å². The lowest BCUT2D eigenvalue weighted by Crippen LogP contribution is -2.21. The molecule has 0 spiro atoms. The fourth-order valence-electron chi connectivity index (χ4n) is 2.70. The van der Waals surface area contributed by atoms with Crippen molar-refractivity contribution in [2.24, 2.45) is 0 Å². The molecule has 0 atom stereocenters. The molecule has 0 saturated carbocycles. The van der Waals surface area contributed by atoms with E-state index >= 15 is 0 Å². The van der Waals surface area contributed by atoms with Crippen molar-refractivity contribution in [2.75, 3.05) is 18.7 Å². The Morgan fingerprint density at radius 2 is 1.66 bits per heavy atom. The van der Waals surface area contributed by atoms with Crippen LogP contribution in [0.1, 0.15) is 10.4 Å². The van der Waals surface area contributed by atoms with Gasteiger partial charge in [-0.3, -0.25) is 4.79 Å². The Hall–Kier alpha value is -4.00. The smallest absolute Gasteiger partial charge is 0.338 e. The molecule has 1 amide bonds. The van der Waals surface area contributed by atoms with Crippen LogP contribution in [0.25, 0.3) is 0 Å². The number of anilines is 1. The molecular weight excluding hydrogens is 374 g/mol. The third-order valence-corrected chi connectivity index (χ3v) is 4.07. The molecule has 0 fully saturated rings. The number of hydrogen-bond acceptors (Lipinski definition) is 6. The van der Waals surface area contributed by atoms with Crippen LogP contribution in [0.2, 0.25) is 0 Å². The van der Waals surface area contributed by atoms with Crippen LogP contribution in [0.15, 0.2) is 72.8 Å². The molecule has 0 unspecified atom stereocenters. The number of carbonyl (C=O) groups excluding carboxylic acids is 2. The molecule has 0 aromatic heterocycles. The van der Waals surface area contributed by atoms with Gasteiger partial charge in [0.2, 0.25) is 6.79 Å². The first-order valence-corrected chi connectivity index (χ1v) is 8.87. The zero-order valence-corrected chi connectivity index (χ0v) is 15.3. The van der Waals surface area contributed by atoms with Crippen molar-refractivity contribution in [1.82, 2.24) is 0 Å². The van der Waals surface area contributed by atoms with Crippen molar-refractivity contribution in [1.29, 1.82) is 0 Å². The van der Waals surface area contributed by atoms with Crippen LogP contribution in [0.5, 0.6) is 23.0 Å². The fourth-order valence-corrected chi connectivity index (χ4v) is 2.70. The molecule has 1 aliphatic rings. The van der Waals surface area contributed by atoms with E-state index in [0.29, 0.717) is 28.7 Å². The summed E-state index contributed by atoms with van der Waals surface area (Å²) in [5.74, 6) is 1.04. The maximum Gasteiger partial charge on any atom is 0.338 e. The number of esters is 1. The van der Waals surface area contributed by atoms with Gasteiger partial charge in [-0.1, -0.05) is 30.3 Å². The molecule has 0 aliphatic carbocycles. The molecule has 3 aromatic rings. The first kappa shape index (κ1) is 18.4. The van der Waals surface area contributed by atoms with Gasteiger partial charge in [0.25, 0.3) is 5.91 Å². The van der Waals surface area contributed by atoms with Gasteiger partial charge >= 0.3 is 5.97 Å². The van der Waals surface area contributed by atoms with Gasteiger partial charge < -0.3 is 24.3 Å². The van der Waals surface area contributed by atoms with Crippen molar-refractivity contribution in [3.63, 3.8) is 0 Å². The fraction of sp³-hybridized carbons (Fsp3) is 0.0909. The zero-order valence-electron chi connectivity index (χ0n) is 15.3. The van der Waals surface area contributed by atoms with Gasteiger partial charge in [0.1, 0.15) is 5.75 Å². The maximum atomic E-state index is 12.3. The molecule has 1 aliphatic heterocycles. The molecule has 4 rings (SSSR count). The van der Waals surface area contributed by atoms with Crippen molar-refractivity contribution < 1.29 is 28.5 Å². The molecule has 0 radical (unpaired) electrons. The molecule has 146 valence electrons. The second kappa shape index (κ2) is 8.35. The van der Waals surface area contributed by atoms with Crippen LogP contribution in [0.3, 0.4) is 0 Å². The lowest BCUT2D eigenvalue weighted by molar-refractivity contribution is -0.119. The summed E-state index contributed by atoms with van der Waals surface area (Å²) in [5, 5.41) is 2.69. The summed E-state index contributed by atoms with van der Waals surface area (Å²) in [5.41, 5.74) is 0.746. The normalized spacial score (nSPS) is 11.6. The van der Waals surface area contributed by atoms with Crippen LogP contribution < -0.4 is 19.5 Å². The highest BCUT2D eigenvalue weighted by Gasteiger charge is 2.18. The predicted molar refractivity (Wildman–Crippen MR) is 104 cm³/mol. The van der Waals surface area contributed by atoms with Gasteiger partial charge in [0.15, 0.2) is 23.9 Å². The number of nitrogens with one attached hydrogen (secondary N) is 1. The van der Waals surface area contributed by atoms with E-state index in [1.807, 2.05) is 30.3 Å². The third-order valence-electron chi connectivity index (χ3n) is 4.07. The molecule has 29 heavy (non-hydrogen) atoms. The maximum absolute atomic E-state index is 12.3. The SMILES string of the molecule is O=C(COC(=O)c1ccc2c(c1)OCO2)Nc1ccccc1Oc1ccccc1. The largest absolute Gasteiger partial charge is 0.455 e. The highest BCUT2D eigenvalue weighted by molar-refractivity contribution is 5.96. The third kappa shape index (κ3) is 4.47. The van der Waals surface area contributed by atoms with E-state index in [1.54, 1.807) is 36.4 Å². The van der Waals surface area contributed by atoms with Gasteiger partial charge in [-0.25, -0.2) is 4.79 Å². The summed E-state index contributed by atoms with van der Waals surface area (Å²) in [4.78, 5) is 24.4. The monoisotopic (exact) mass is 391 g/mol. The lowest BCUT2D eigenvalue weighted by atomic mass is 10.2. The van der Waals surface area contributed by atoms with Gasteiger partial charge in [-0.05, 0) is 42.5 Å². The first-order valence-electron chi connectivity index (χ1n) is 8.87. The molecule has 1 heterocycles. The topological polar surface area (TPSA) is 83.1 Å². The Morgan fingerprint density at radius 1 is 0.897 bits per heavy atom. The molecular formula is C22H17NO6. The first-order chi connectivity index (χ1) is 14.2. The van der Waals surface area contributed by atoms with E-state index in [4.69, 9.17) is 18.9 Å². The number of para-hydroxylation sites is 3. The Labute approximate surface area is 166 Å². The number of amides is 1. The quantitative estimate of drug-likeness (QED) is 0.640. The van der Waals surface area contributed by atoms with E-state index in [2.05, 4.69) is 5.32 Å². The highest BCUT2D eigenvalue weighted by atomic mass is 16.7. The van der Waals surface area contributed by atoms with Crippen LogP contribution in [-0.2, 0) is 9.53 Å². The Kier molecular flexibility index (Phi) is 5.29. The van der Waals surface area contributed by atoms with Crippen LogP contribution in [-0.4, -0.2) is 25.3 Å². The van der Waals surface area contributed by atoms with Gasteiger partial charge in [0.05, 0.1) is 11.3 Å². The number of rotatable bonds is 6. The molecule has 0 saturated heterocycles. The molecule has 1 N–H and O–H groups in total. The van der Waals surface area contributed by atoms with Gasteiger partial charge in [-0.15, -0.1) is 0 Å². The second-order valence-corrected chi connectivity index (χ2v) is 6.10. The standard InChI is InChI=1S/C22H17NO6/c24-21(13-26-22(25)15-10-11-19-20(12-15)28-14-27-19)23-17-8-4-5-9-18(17)29-16-6-2-1-3-7-16/h1-12H,13-14H2,(H,23,24). The van der Waals surface area contributed by atoms with Crippen LogP contribution >= 0.6 is 0 Å². The number of carbonyl (C=O) groups is 2. The Balaban J connectivity index is 1.36. The average Bonchev–Trinajstić information content (AvgIpc) is 3.22. The predicted octanol–water partition coefficient (Wildman–Crippen LogP) is 4.00. The average molecular weight is 391 g/mol. The minimum absolute atomic E-state index is 0.112. The van der Waals surface area contributed by atoms with Crippen LogP contribution in [0.4, 0.5) is 5.69 Å². The summed E-state index contributed by atoms with van der Waals surface area (Å²) in [6.45, 7) is -0.326. The van der Waals surface area contributed by atoms with E-state index in [-0.39, 0.29) is 12.4 Å². The van der Waals surface area contributed by atoms with E-state index in [1.165, 1.54) is 6.07 Å². The van der Waals surface area contributed by atoms with Crippen LogP contribution in [0, 0.1) is 0 Å². The summed E-state index contributed by atoms with van der Waals surface area (Å²) >= 11 is 0. The summed E-state index contributed by atoms with van der Waals surface area (Å²) in [7, 11) is 0. The van der Waals surface area contributed by atoms with E-state index < -0.39 is 18.5 Å². The number of benzene rings is 3. The zero-order chi connectivity index (χ0) is 20.1. The Bertz CT molecular complexity index is 1030. The van der Waals surface area contributed by atoms with E-state index in [9.17, 15) is 9.59 Å². The molecule has 3 aromatic carbocycles. The molecule has 0 bridgehead atoms. The molecule has 7 nitrogen and oxygen atoms in total. The lowest BCUT2D eigenvalue weighted by Gasteiger charge is -2.12. The van der Waals surface area contributed by atoms with Gasteiger partial charge in [-0.2, -0.15) is 0 Å². The highest BCUT2D eigenvalue weighted by Crippen LogP contribution is 2.32. The summed E-state index contributed by atoms with van der Waals surface area (Å²) in [6.07, 6.45) is 0. The Morgan fingerprint density at radius 3 is 2.52 bits per heavy atom. The number of ether oxygens (including phenoxy) is 4. The number of fused-ring (bicyclic) bond motifs is 1. The van der Waals surface area contributed by atoms with Gasteiger partial charge in [0, 0.05) is 0 Å².